The van der Waals surface area contributed by atoms with Crippen LogP contribution in [0.4, 0.5) is 0 Å². The topological polar surface area (TPSA) is 0 Å². The Morgan fingerprint density at radius 1 is 1.17 bits per heavy atom. The van der Waals surface area contributed by atoms with Crippen molar-refractivity contribution in [3.63, 3.8) is 0 Å². The highest BCUT2D eigenvalue weighted by molar-refractivity contribution is 5.23. The molecule has 1 atom stereocenters. The van der Waals surface area contributed by atoms with E-state index in [9.17, 15) is 0 Å². The van der Waals surface area contributed by atoms with Crippen LogP contribution in [0, 0.1) is 5.92 Å². The molecular weight excluding hydrogens is 144 g/mol. The Labute approximate surface area is 74.9 Å². The zero-order chi connectivity index (χ0) is 8.97. The number of benzene rings is 1. The van der Waals surface area contributed by atoms with Crippen molar-refractivity contribution in [2.75, 3.05) is 0 Å². The molecule has 0 nitrogen and oxygen atoms in total. The summed E-state index contributed by atoms with van der Waals surface area (Å²) in [7, 11) is 0. The van der Waals surface area contributed by atoms with Gasteiger partial charge < -0.3 is 0 Å². The van der Waals surface area contributed by atoms with E-state index in [4.69, 9.17) is 0 Å². The first-order valence-electron chi connectivity index (χ1n) is 4.43. The normalized spacial score (nSPS) is 12.9. The predicted octanol–water partition coefficient (Wildman–Crippen LogP) is 3.61. The number of hydrogen-bond donors (Lipinski definition) is 0. The van der Waals surface area contributed by atoms with Gasteiger partial charge in [0.1, 0.15) is 0 Å². The average molecular weight is 160 g/mol. The SMILES string of the molecule is C=C[C@@H](c1ccccc1)C(C)C. The highest BCUT2D eigenvalue weighted by atomic mass is 14.1. The average Bonchev–Trinajstić information content (AvgIpc) is 2.07. The van der Waals surface area contributed by atoms with Gasteiger partial charge in [0.25, 0.3) is 0 Å². The van der Waals surface area contributed by atoms with Crippen LogP contribution in [-0.2, 0) is 0 Å². The molecule has 0 spiro atoms. The van der Waals surface area contributed by atoms with Crippen LogP contribution < -0.4 is 0 Å². The number of rotatable bonds is 3. The Hall–Kier alpha value is -1.04. The molecule has 0 aliphatic carbocycles. The third kappa shape index (κ3) is 1.97. The lowest BCUT2D eigenvalue weighted by Crippen LogP contribution is -2.02. The Morgan fingerprint density at radius 3 is 2.17 bits per heavy atom. The van der Waals surface area contributed by atoms with E-state index in [-0.39, 0.29) is 0 Å². The van der Waals surface area contributed by atoms with E-state index >= 15 is 0 Å². The van der Waals surface area contributed by atoms with E-state index in [1.54, 1.807) is 0 Å². The molecule has 0 N–H and O–H groups in total. The zero-order valence-corrected chi connectivity index (χ0v) is 7.83. The lowest BCUT2D eigenvalue weighted by Gasteiger charge is -2.16. The smallest absolute Gasteiger partial charge is 0.00383 e. The molecule has 1 aromatic rings. The summed E-state index contributed by atoms with van der Waals surface area (Å²) in [6.45, 7) is 8.30. The fourth-order valence-electron chi connectivity index (χ4n) is 1.47. The van der Waals surface area contributed by atoms with Gasteiger partial charge >= 0.3 is 0 Å². The van der Waals surface area contributed by atoms with E-state index in [2.05, 4.69) is 44.7 Å². The minimum atomic E-state index is 0.492. The summed E-state index contributed by atoms with van der Waals surface area (Å²) in [5, 5.41) is 0. The fraction of sp³-hybridized carbons (Fsp3) is 0.333. The monoisotopic (exact) mass is 160 g/mol. The minimum Gasteiger partial charge on any atom is -0.102 e. The van der Waals surface area contributed by atoms with Crippen LogP contribution in [0.15, 0.2) is 43.0 Å². The van der Waals surface area contributed by atoms with Crippen LogP contribution in [0.1, 0.15) is 25.3 Å². The van der Waals surface area contributed by atoms with Crippen LogP contribution in [0.25, 0.3) is 0 Å². The molecule has 0 aromatic heterocycles. The molecule has 0 heterocycles. The Kier molecular flexibility index (Phi) is 3.09. The first-order chi connectivity index (χ1) is 5.75. The van der Waals surface area contributed by atoms with Gasteiger partial charge in [-0.25, -0.2) is 0 Å². The quantitative estimate of drug-likeness (QED) is 0.592. The summed E-state index contributed by atoms with van der Waals surface area (Å²) in [6.07, 6.45) is 2.03. The maximum absolute atomic E-state index is 3.86. The molecule has 1 aromatic carbocycles. The maximum Gasteiger partial charge on any atom is 0.00383 e. The molecule has 0 fully saturated rings. The van der Waals surface area contributed by atoms with Crippen molar-refractivity contribution in [1.82, 2.24) is 0 Å². The molecule has 0 amide bonds. The second-order valence-electron chi connectivity index (χ2n) is 3.42. The van der Waals surface area contributed by atoms with Gasteiger partial charge in [-0.3, -0.25) is 0 Å². The predicted molar refractivity (Wildman–Crippen MR) is 54.2 cm³/mol. The Morgan fingerprint density at radius 2 is 1.75 bits per heavy atom. The summed E-state index contributed by atoms with van der Waals surface area (Å²) >= 11 is 0. The maximum atomic E-state index is 3.86. The lowest BCUT2D eigenvalue weighted by atomic mass is 9.89. The lowest BCUT2D eigenvalue weighted by molar-refractivity contribution is 0.579. The van der Waals surface area contributed by atoms with Gasteiger partial charge in [-0.05, 0) is 11.5 Å². The van der Waals surface area contributed by atoms with Gasteiger partial charge in [0.15, 0.2) is 0 Å². The largest absolute Gasteiger partial charge is 0.102 e. The van der Waals surface area contributed by atoms with Crippen LogP contribution in [0.5, 0.6) is 0 Å². The molecule has 0 heteroatoms. The van der Waals surface area contributed by atoms with Crippen LogP contribution in [0.2, 0.25) is 0 Å². The first kappa shape index (κ1) is 9.05. The van der Waals surface area contributed by atoms with E-state index in [1.165, 1.54) is 5.56 Å². The van der Waals surface area contributed by atoms with Crippen LogP contribution in [-0.4, -0.2) is 0 Å². The Balaban J connectivity index is 2.88. The molecule has 0 bridgehead atoms. The minimum absolute atomic E-state index is 0.492. The van der Waals surface area contributed by atoms with Gasteiger partial charge in [0, 0.05) is 5.92 Å². The Bertz CT molecular complexity index is 233. The molecule has 1 rings (SSSR count). The summed E-state index contributed by atoms with van der Waals surface area (Å²) < 4.78 is 0. The molecule has 0 saturated carbocycles. The van der Waals surface area contributed by atoms with Gasteiger partial charge in [-0.15, -0.1) is 6.58 Å². The van der Waals surface area contributed by atoms with Crippen molar-refractivity contribution in [3.8, 4) is 0 Å². The molecule has 0 unspecified atom stereocenters. The second-order valence-corrected chi connectivity index (χ2v) is 3.42. The highest BCUT2D eigenvalue weighted by Crippen LogP contribution is 2.24. The summed E-state index contributed by atoms with van der Waals surface area (Å²) in [6, 6.07) is 10.5. The van der Waals surface area contributed by atoms with E-state index in [1.807, 2.05) is 12.1 Å². The van der Waals surface area contributed by atoms with E-state index < -0.39 is 0 Å². The van der Waals surface area contributed by atoms with Gasteiger partial charge in [-0.2, -0.15) is 0 Å². The summed E-state index contributed by atoms with van der Waals surface area (Å²) in [4.78, 5) is 0. The van der Waals surface area contributed by atoms with Crippen molar-refractivity contribution in [2.45, 2.75) is 19.8 Å². The first-order valence-corrected chi connectivity index (χ1v) is 4.43. The van der Waals surface area contributed by atoms with Crippen LogP contribution >= 0.6 is 0 Å². The molecular formula is C12H16. The number of hydrogen-bond acceptors (Lipinski definition) is 0. The third-order valence-electron chi connectivity index (χ3n) is 2.16. The molecule has 0 radical (unpaired) electrons. The molecule has 0 aliphatic heterocycles. The fourth-order valence-corrected chi connectivity index (χ4v) is 1.47. The van der Waals surface area contributed by atoms with Crippen molar-refractivity contribution >= 4 is 0 Å². The highest BCUT2D eigenvalue weighted by Gasteiger charge is 2.10. The molecule has 0 aliphatic rings. The molecule has 12 heavy (non-hydrogen) atoms. The van der Waals surface area contributed by atoms with Crippen molar-refractivity contribution in [2.24, 2.45) is 5.92 Å². The zero-order valence-electron chi connectivity index (χ0n) is 7.83. The van der Waals surface area contributed by atoms with Crippen LogP contribution in [0.3, 0.4) is 0 Å². The standard InChI is InChI=1S/C12H16/c1-4-12(10(2)3)11-8-6-5-7-9-11/h4-10,12H,1H2,2-3H3/t12-/m1/s1. The van der Waals surface area contributed by atoms with E-state index in [0.29, 0.717) is 11.8 Å². The van der Waals surface area contributed by atoms with Gasteiger partial charge in [0.2, 0.25) is 0 Å². The summed E-state index contributed by atoms with van der Waals surface area (Å²) in [5.41, 5.74) is 1.36. The third-order valence-corrected chi connectivity index (χ3v) is 2.16. The van der Waals surface area contributed by atoms with Crippen molar-refractivity contribution < 1.29 is 0 Å². The van der Waals surface area contributed by atoms with E-state index in [0.717, 1.165) is 0 Å². The number of allylic oxidation sites excluding steroid dienone is 1. The second kappa shape index (κ2) is 4.10. The molecule has 64 valence electrons. The van der Waals surface area contributed by atoms with Crippen molar-refractivity contribution in [3.05, 3.63) is 48.6 Å². The van der Waals surface area contributed by atoms with Crippen molar-refractivity contribution in [1.29, 1.82) is 0 Å². The van der Waals surface area contributed by atoms with Gasteiger partial charge in [0.05, 0.1) is 0 Å². The van der Waals surface area contributed by atoms with Gasteiger partial charge in [-0.1, -0.05) is 50.3 Å². The summed E-state index contributed by atoms with van der Waals surface area (Å²) in [5.74, 6) is 1.12. The molecule has 0 saturated heterocycles.